The van der Waals surface area contributed by atoms with Gasteiger partial charge in [0.05, 0.1) is 12.6 Å². The molecule has 3 N–H and O–H groups in total. The van der Waals surface area contributed by atoms with Crippen molar-refractivity contribution >= 4 is 17.8 Å². The molecule has 22 heavy (non-hydrogen) atoms. The molecule has 0 heterocycles. The van der Waals surface area contributed by atoms with Crippen LogP contribution in [-0.4, -0.2) is 29.4 Å². The van der Waals surface area contributed by atoms with E-state index < -0.39 is 5.97 Å². The number of rotatable bonds is 9. The predicted molar refractivity (Wildman–Crippen MR) is 82.1 cm³/mol. The molecule has 1 unspecified atom stereocenters. The van der Waals surface area contributed by atoms with Crippen molar-refractivity contribution in [2.75, 3.05) is 6.54 Å². The van der Waals surface area contributed by atoms with Crippen LogP contribution in [0.25, 0.3) is 0 Å². The summed E-state index contributed by atoms with van der Waals surface area (Å²) in [7, 11) is 0. The Morgan fingerprint density at radius 1 is 1.09 bits per heavy atom. The number of nitrogens with one attached hydrogen (secondary N) is 2. The van der Waals surface area contributed by atoms with Gasteiger partial charge >= 0.3 is 5.97 Å². The SMILES string of the molecule is CCCC(=O)NCC(=O)NC(CCC(=O)O)c1ccccc1. The third-order valence-electron chi connectivity index (χ3n) is 3.11. The lowest BCUT2D eigenvalue weighted by molar-refractivity contribution is -0.137. The highest BCUT2D eigenvalue weighted by Crippen LogP contribution is 2.18. The second-order valence-corrected chi connectivity index (χ2v) is 4.99. The van der Waals surface area contributed by atoms with Gasteiger partial charge in [-0.2, -0.15) is 0 Å². The lowest BCUT2D eigenvalue weighted by Crippen LogP contribution is -2.38. The summed E-state index contributed by atoms with van der Waals surface area (Å²) in [6, 6.07) is 8.80. The van der Waals surface area contributed by atoms with Gasteiger partial charge in [-0.3, -0.25) is 14.4 Å². The van der Waals surface area contributed by atoms with Gasteiger partial charge in [0, 0.05) is 12.8 Å². The largest absolute Gasteiger partial charge is 0.481 e. The summed E-state index contributed by atoms with van der Waals surface area (Å²) in [4.78, 5) is 34.0. The minimum Gasteiger partial charge on any atom is -0.481 e. The van der Waals surface area contributed by atoms with Crippen LogP contribution in [0.1, 0.15) is 44.2 Å². The lowest BCUT2D eigenvalue weighted by atomic mass is 10.0. The van der Waals surface area contributed by atoms with Crippen LogP contribution in [0.2, 0.25) is 0 Å². The van der Waals surface area contributed by atoms with E-state index in [0.717, 1.165) is 12.0 Å². The van der Waals surface area contributed by atoms with E-state index in [0.29, 0.717) is 12.8 Å². The van der Waals surface area contributed by atoms with Crippen molar-refractivity contribution < 1.29 is 19.5 Å². The number of carboxylic acids is 1. The molecule has 0 bridgehead atoms. The fourth-order valence-corrected chi connectivity index (χ4v) is 2.02. The standard InChI is InChI=1S/C16H22N2O4/c1-2-6-14(19)17-11-15(20)18-13(9-10-16(21)22)12-7-4-3-5-8-12/h3-5,7-8,13H,2,6,9-11H2,1H3,(H,17,19)(H,18,20)(H,21,22). The Kier molecular flexibility index (Phi) is 7.67. The molecule has 0 aliphatic heterocycles. The monoisotopic (exact) mass is 306 g/mol. The molecule has 2 amide bonds. The van der Waals surface area contributed by atoms with Crippen molar-refractivity contribution in [1.29, 1.82) is 0 Å². The van der Waals surface area contributed by atoms with Crippen LogP contribution in [0.3, 0.4) is 0 Å². The van der Waals surface area contributed by atoms with E-state index in [9.17, 15) is 14.4 Å². The maximum absolute atomic E-state index is 11.9. The van der Waals surface area contributed by atoms with Gasteiger partial charge in [0.1, 0.15) is 0 Å². The minimum absolute atomic E-state index is 0.0396. The number of benzene rings is 1. The molecule has 0 aliphatic carbocycles. The van der Waals surface area contributed by atoms with Gasteiger partial charge in [0.2, 0.25) is 11.8 Å². The number of carbonyl (C=O) groups excluding carboxylic acids is 2. The van der Waals surface area contributed by atoms with E-state index in [-0.39, 0.29) is 30.8 Å². The van der Waals surface area contributed by atoms with Gasteiger partial charge in [0.15, 0.2) is 0 Å². The minimum atomic E-state index is -0.911. The Labute approximate surface area is 129 Å². The third-order valence-corrected chi connectivity index (χ3v) is 3.11. The summed E-state index contributed by atoms with van der Waals surface area (Å²) in [5, 5.41) is 14.1. The van der Waals surface area contributed by atoms with Crippen molar-refractivity contribution in [1.82, 2.24) is 10.6 Å². The zero-order chi connectivity index (χ0) is 16.4. The molecular weight excluding hydrogens is 284 g/mol. The second kappa shape index (κ2) is 9.55. The maximum Gasteiger partial charge on any atom is 0.303 e. The highest BCUT2D eigenvalue weighted by molar-refractivity contribution is 5.84. The van der Waals surface area contributed by atoms with Crippen LogP contribution in [0.4, 0.5) is 0 Å². The number of hydrogen-bond donors (Lipinski definition) is 3. The fourth-order valence-electron chi connectivity index (χ4n) is 2.02. The molecule has 6 heteroatoms. The van der Waals surface area contributed by atoms with Gasteiger partial charge < -0.3 is 15.7 Å². The highest BCUT2D eigenvalue weighted by Gasteiger charge is 2.16. The van der Waals surface area contributed by atoms with Crippen molar-refractivity contribution in [3.05, 3.63) is 35.9 Å². The first-order valence-corrected chi connectivity index (χ1v) is 7.35. The smallest absolute Gasteiger partial charge is 0.303 e. The van der Waals surface area contributed by atoms with E-state index in [1.807, 2.05) is 37.3 Å². The van der Waals surface area contributed by atoms with Crippen LogP contribution in [0.5, 0.6) is 0 Å². The zero-order valence-electron chi connectivity index (χ0n) is 12.7. The third kappa shape index (κ3) is 6.88. The number of amides is 2. The average Bonchev–Trinajstić information content (AvgIpc) is 2.50. The first-order valence-electron chi connectivity index (χ1n) is 7.35. The van der Waals surface area contributed by atoms with Crippen LogP contribution in [-0.2, 0) is 14.4 Å². The number of carbonyl (C=O) groups is 3. The second-order valence-electron chi connectivity index (χ2n) is 4.99. The van der Waals surface area contributed by atoms with Gasteiger partial charge in [-0.1, -0.05) is 37.3 Å². The molecule has 0 fully saturated rings. The topological polar surface area (TPSA) is 95.5 Å². The molecule has 0 saturated heterocycles. The summed E-state index contributed by atoms with van der Waals surface area (Å²) in [5.41, 5.74) is 0.844. The first kappa shape index (κ1) is 17.7. The van der Waals surface area contributed by atoms with E-state index in [2.05, 4.69) is 10.6 Å². The quantitative estimate of drug-likeness (QED) is 0.646. The lowest BCUT2D eigenvalue weighted by Gasteiger charge is -2.18. The molecule has 0 spiro atoms. The van der Waals surface area contributed by atoms with Gasteiger partial charge in [-0.25, -0.2) is 0 Å². The molecule has 1 atom stereocenters. The van der Waals surface area contributed by atoms with Crippen LogP contribution in [0.15, 0.2) is 30.3 Å². The summed E-state index contributed by atoms with van der Waals surface area (Å²) in [5.74, 6) is -1.41. The van der Waals surface area contributed by atoms with E-state index in [1.54, 1.807) is 0 Å². The van der Waals surface area contributed by atoms with Crippen LogP contribution in [0, 0.1) is 0 Å². The zero-order valence-corrected chi connectivity index (χ0v) is 12.7. The number of carboxylic acid groups (broad SMARTS) is 1. The number of hydrogen-bond acceptors (Lipinski definition) is 3. The summed E-state index contributed by atoms with van der Waals surface area (Å²) in [6.45, 7) is 1.78. The summed E-state index contributed by atoms with van der Waals surface area (Å²) < 4.78 is 0. The van der Waals surface area contributed by atoms with Crippen LogP contribution < -0.4 is 10.6 Å². The summed E-state index contributed by atoms with van der Waals surface area (Å²) in [6.07, 6.45) is 1.36. The van der Waals surface area contributed by atoms with Crippen LogP contribution >= 0.6 is 0 Å². The van der Waals surface area contributed by atoms with Crippen molar-refractivity contribution in [2.45, 2.75) is 38.6 Å². The molecule has 1 aromatic rings. The molecule has 120 valence electrons. The molecule has 0 radical (unpaired) electrons. The Morgan fingerprint density at radius 3 is 2.36 bits per heavy atom. The molecule has 1 aromatic carbocycles. The normalized spacial score (nSPS) is 11.5. The molecule has 1 rings (SSSR count). The molecule has 0 aromatic heterocycles. The van der Waals surface area contributed by atoms with Gasteiger partial charge in [0.25, 0.3) is 0 Å². The fraction of sp³-hybridized carbons (Fsp3) is 0.438. The van der Waals surface area contributed by atoms with Gasteiger partial charge in [-0.05, 0) is 18.4 Å². The first-order chi connectivity index (χ1) is 10.5. The molecule has 6 nitrogen and oxygen atoms in total. The Morgan fingerprint density at radius 2 is 1.77 bits per heavy atom. The van der Waals surface area contributed by atoms with Gasteiger partial charge in [-0.15, -0.1) is 0 Å². The average molecular weight is 306 g/mol. The van der Waals surface area contributed by atoms with Crippen molar-refractivity contribution in [3.63, 3.8) is 0 Å². The Balaban J connectivity index is 2.58. The van der Waals surface area contributed by atoms with E-state index >= 15 is 0 Å². The van der Waals surface area contributed by atoms with Crippen molar-refractivity contribution in [3.8, 4) is 0 Å². The molecular formula is C16H22N2O4. The van der Waals surface area contributed by atoms with E-state index in [1.165, 1.54) is 0 Å². The molecule has 0 saturated carbocycles. The predicted octanol–water partition coefficient (Wildman–Crippen LogP) is 1.62. The maximum atomic E-state index is 11.9. The Bertz CT molecular complexity index is 502. The summed E-state index contributed by atoms with van der Waals surface area (Å²) >= 11 is 0. The highest BCUT2D eigenvalue weighted by atomic mass is 16.4. The number of aliphatic carboxylic acids is 1. The Hall–Kier alpha value is -2.37. The van der Waals surface area contributed by atoms with E-state index in [4.69, 9.17) is 5.11 Å². The van der Waals surface area contributed by atoms with Crippen molar-refractivity contribution in [2.24, 2.45) is 0 Å². The molecule has 0 aliphatic rings.